The van der Waals surface area contributed by atoms with Crippen molar-refractivity contribution in [2.75, 3.05) is 33.4 Å². The second kappa shape index (κ2) is 8.59. The second-order valence-corrected chi connectivity index (χ2v) is 5.91. The molecule has 2 heterocycles. The quantitative estimate of drug-likeness (QED) is 0.442. The molecule has 0 N–H and O–H groups in total. The first-order chi connectivity index (χ1) is 12.7. The molecule has 1 saturated heterocycles. The number of oxime groups is 1. The van der Waals surface area contributed by atoms with Crippen LogP contribution in [-0.2, 0) is 23.2 Å². The highest BCUT2D eigenvalue weighted by Crippen LogP contribution is 2.21. The van der Waals surface area contributed by atoms with E-state index in [0.717, 1.165) is 49.7 Å². The Hall–Kier alpha value is -2.71. The molecule has 8 heteroatoms. The van der Waals surface area contributed by atoms with Crippen LogP contribution >= 0.6 is 0 Å². The molecular weight excluding hydrogens is 336 g/mol. The summed E-state index contributed by atoms with van der Waals surface area (Å²) >= 11 is 0. The third-order valence-electron chi connectivity index (χ3n) is 4.17. The summed E-state index contributed by atoms with van der Waals surface area (Å²) in [5.74, 6) is 0.267. The fourth-order valence-corrected chi connectivity index (χ4v) is 2.76. The summed E-state index contributed by atoms with van der Waals surface area (Å²) in [7, 11) is 3.32. The number of ether oxygens (including phenoxy) is 2. The lowest BCUT2D eigenvalue weighted by Crippen LogP contribution is -2.35. The van der Waals surface area contributed by atoms with E-state index >= 15 is 0 Å². The average molecular weight is 358 g/mol. The van der Waals surface area contributed by atoms with Crippen molar-refractivity contribution in [2.45, 2.75) is 6.54 Å². The number of hydrogen-bond donors (Lipinski definition) is 0. The lowest BCUT2D eigenvalue weighted by Gasteiger charge is -2.27. The molecule has 0 saturated carbocycles. The molecule has 0 radical (unpaired) electrons. The molecule has 26 heavy (non-hydrogen) atoms. The van der Waals surface area contributed by atoms with Crippen LogP contribution in [0.2, 0.25) is 0 Å². The number of carbonyl (C=O) groups is 1. The van der Waals surface area contributed by atoms with Crippen molar-refractivity contribution in [3.8, 4) is 5.75 Å². The second-order valence-electron chi connectivity index (χ2n) is 5.91. The normalized spacial score (nSPS) is 15.3. The van der Waals surface area contributed by atoms with Crippen molar-refractivity contribution < 1.29 is 19.1 Å². The minimum atomic E-state index is -0.552. The number of morpholine rings is 1. The summed E-state index contributed by atoms with van der Waals surface area (Å²) in [5, 5.41) is 7.72. The van der Waals surface area contributed by atoms with Crippen LogP contribution < -0.4 is 4.74 Å². The lowest BCUT2D eigenvalue weighted by atomic mass is 10.1. The summed E-state index contributed by atoms with van der Waals surface area (Å²) in [6.07, 6.45) is 3.04. The average Bonchev–Trinajstić information content (AvgIpc) is 3.09. The van der Waals surface area contributed by atoms with Crippen LogP contribution in [0.5, 0.6) is 5.75 Å². The Morgan fingerprint density at radius 2 is 2.15 bits per heavy atom. The minimum Gasteiger partial charge on any atom is -0.496 e. The molecule has 0 bridgehead atoms. The number of aryl methyl sites for hydroxylation is 1. The first kappa shape index (κ1) is 18.1. The summed E-state index contributed by atoms with van der Waals surface area (Å²) < 4.78 is 12.3. The number of hydrogen-bond acceptors (Lipinski definition) is 7. The van der Waals surface area contributed by atoms with Gasteiger partial charge in [-0.25, -0.2) is 4.79 Å². The van der Waals surface area contributed by atoms with Crippen molar-refractivity contribution in [1.82, 2.24) is 14.7 Å². The van der Waals surface area contributed by atoms with Crippen LogP contribution in [0, 0.1) is 0 Å². The number of methoxy groups -OCH3 is 1. The maximum absolute atomic E-state index is 11.9. The Morgan fingerprint density at radius 1 is 1.35 bits per heavy atom. The summed E-state index contributed by atoms with van der Waals surface area (Å²) in [6, 6.07) is 7.31. The number of nitrogens with zero attached hydrogens (tertiary/aromatic N) is 4. The van der Waals surface area contributed by atoms with Gasteiger partial charge in [-0.2, -0.15) is 5.10 Å². The SMILES string of the molecule is COc1ccc(C=NOC(=O)c2ccnn2C)cc1CN1CCOCC1. The molecule has 1 aliphatic rings. The van der Waals surface area contributed by atoms with Gasteiger partial charge in [0.1, 0.15) is 11.4 Å². The molecule has 0 atom stereocenters. The first-order valence-corrected chi connectivity index (χ1v) is 8.37. The van der Waals surface area contributed by atoms with Gasteiger partial charge >= 0.3 is 5.97 Å². The largest absolute Gasteiger partial charge is 0.496 e. The van der Waals surface area contributed by atoms with Crippen LogP contribution in [0.25, 0.3) is 0 Å². The molecule has 1 aromatic carbocycles. The first-order valence-electron chi connectivity index (χ1n) is 8.37. The number of benzene rings is 1. The Morgan fingerprint density at radius 3 is 2.85 bits per heavy atom. The molecule has 1 aromatic heterocycles. The Bertz CT molecular complexity index is 781. The van der Waals surface area contributed by atoms with Crippen molar-refractivity contribution in [3.63, 3.8) is 0 Å². The third-order valence-corrected chi connectivity index (χ3v) is 4.17. The van der Waals surface area contributed by atoms with Gasteiger partial charge in [-0.3, -0.25) is 9.58 Å². The van der Waals surface area contributed by atoms with Crippen LogP contribution in [0.4, 0.5) is 0 Å². The topological polar surface area (TPSA) is 78.2 Å². The zero-order valence-electron chi connectivity index (χ0n) is 14.9. The van der Waals surface area contributed by atoms with Gasteiger partial charge in [-0.05, 0) is 29.8 Å². The van der Waals surface area contributed by atoms with E-state index in [2.05, 4.69) is 15.2 Å². The summed E-state index contributed by atoms with van der Waals surface area (Å²) in [4.78, 5) is 19.2. The molecule has 1 fully saturated rings. The molecule has 138 valence electrons. The van der Waals surface area contributed by atoms with E-state index in [-0.39, 0.29) is 0 Å². The molecule has 2 aromatic rings. The van der Waals surface area contributed by atoms with E-state index in [1.54, 1.807) is 20.2 Å². The number of carbonyl (C=O) groups excluding carboxylic acids is 1. The maximum atomic E-state index is 11.9. The zero-order valence-corrected chi connectivity index (χ0v) is 14.9. The van der Waals surface area contributed by atoms with Gasteiger partial charge in [0.2, 0.25) is 0 Å². The predicted molar refractivity (Wildman–Crippen MR) is 95.3 cm³/mol. The monoisotopic (exact) mass is 358 g/mol. The van der Waals surface area contributed by atoms with Crippen molar-refractivity contribution in [2.24, 2.45) is 12.2 Å². The van der Waals surface area contributed by atoms with Crippen molar-refractivity contribution in [1.29, 1.82) is 0 Å². The van der Waals surface area contributed by atoms with Crippen molar-refractivity contribution in [3.05, 3.63) is 47.3 Å². The maximum Gasteiger partial charge on any atom is 0.383 e. The molecule has 0 unspecified atom stereocenters. The van der Waals surface area contributed by atoms with Gasteiger partial charge in [0, 0.05) is 38.4 Å². The molecular formula is C18H22N4O4. The fourth-order valence-electron chi connectivity index (χ4n) is 2.76. The molecule has 0 aliphatic carbocycles. The van der Waals surface area contributed by atoms with Gasteiger partial charge in [-0.15, -0.1) is 0 Å². The predicted octanol–water partition coefficient (Wildman–Crippen LogP) is 1.45. The van der Waals surface area contributed by atoms with Crippen LogP contribution in [-0.4, -0.2) is 60.3 Å². The minimum absolute atomic E-state index is 0.338. The molecule has 0 spiro atoms. The van der Waals surface area contributed by atoms with Crippen LogP contribution in [0.1, 0.15) is 21.6 Å². The van der Waals surface area contributed by atoms with E-state index in [0.29, 0.717) is 5.69 Å². The Labute approximate surface area is 151 Å². The highest BCUT2D eigenvalue weighted by atomic mass is 16.7. The van der Waals surface area contributed by atoms with E-state index in [1.807, 2.05) is 18.2 Å². The van der Waals surface area contributed by atoms with Crippen LogP contribution in [0.15, 0.2) is 35.6 Å². The Balaban J connectivity index is 1.66. The summed E-state index contributed by atoms with van der Waals surface area (Å²) in [6.45, 7) is 4.04. The van der Waals surface area contributed by atoms with Gasteiger partial charge in [0.15, 0.2) is 0 Å². The summed E-state index contributed by atoms with van der Waals surface area (Å²) in [5.41, 5.74) is 2.22. The lowest BCUT2D eigenvalue weighted by molar-refractivity contribution is 0.0339. The fraction of sp³-hybridized carbons (Fsp3) is 0.389. The van der Waals surface area contributed by atoms with Crippen LogP contribution in [0.3, 0.4) is 0 Å². The van der Waals surface area contributed by atoms with Crippen molar-refractivity contribution >= 4 is 12.2 Å². The standard InChI is InChI=1S/C18H22N4O4/c1-21-16(5-6-19-21)18(23)26-20-12-14-3-4-17(24-2)15(11-14)13-22-7-9-25-10-8-22/h3-6,11-12H,7-10,13H2,1-2H3. The van der Waals surface area contributed by atoms with Gasteiger partial charge in [0.05, 0.1) is 26.5 Å². The van der Waals surface area contributed by atoms with Gasteiger partial charge < -0.3 is 14.3 Å². The zero-order chi connectivity index (χ0) is 18.4. The smallest absolute Gasteiger partial charge is 0.383 e. The van der Waals surface area contributed by atoms with E-state index in [1.165, 1.54) is 17.1 Å². The molecule has 1 aliphatic heterocycles. The van der Waals surface area contributed by atoms with Gasteiger partial charge in [0.25, 0.3) is 0 Å². The van der Waals surface area contributed by atoms with Gasteiger partial charge in [-0.1, -0.05) is 5.16 Å². The third kappa shape index (κ3) is 4.47. The van der Waals surface area contributed by atoms with E-state index < -0.39 is 5.97 Å². The molecule has 8 nitrogen and oxygen atoms in total. The highest BCUT2D eigenvalue weighted by molar-refractivity contribution is 5.88. The number of aromatic nitrogens is 2. The molecule has 3 rings (SSSR count). The Kier molecular flexibility index (Phi) is 5.98. The van der Waals surface area contributed by atoms with E-state index in [4.69, 9.17) is 14.3 Å². The number of rotatable bonds is 6. The molecule has 0 amide bonds. The highest BCUT2D eigenvalue weighted by Gasteiger charge is 2.14. The van der Waals surface area contributed by atoms with E-state index in [9.17, 15) is 4.79 Å².